The van der Waals surface area contributed by atoms with Crippen LogP contribution in [0.1, 0.15) is 97.2 Å². The van der Waals surface area contributed by atoms with Gasteiger partial charge in [-0.05, 0) is 158 Å². The summed E-state index contributed by atoms with van der Waals surface area (Å²) < 4.78 is 29.9. The van der Waals surface area contributed by atoms with Crippen LogP contribution in [0.2, 0.25) is 0 Å². The molecule has 4 bridgehead atoms. The van der Waals surface area contributed by atoms with E-state index in [9.17, 15) is 38.3 Å². The number of para-hydroxylation sites is 1. The number of allylic oxidation sites excluding steroid dienone is 1. The highest BCUT2D eigenvalue weighted by molar-refractivity contribution is 7.98. The van der Waals surface area contributed by atoms with Crippen molar-refractivity contribution in [1.82, 2.24) is 47.1 Å². The van der Waals surface area contributed by atoms with Gasteiger partial charge in [-0.15, -0.1) is 0 Å². The molecule has 0 saturated carbocycles. The maximum atomic E-state index is 15.3. The maximum Gasteiger partial charge on any atom is 0.250 e. The van der Waals surface area contributed by atoms with Crippen molar-refractivity contribution < 1.29 is 61.8 Å². The summed E-state index contributed by atoms with van der Waals surface area (Å²) >= 11 is 2.85. The third-order valence-corrected chi connectivity index (χ3v) is 20.5. The topological polar surface area (TPSA) is 349 Å². The number of carbonyl (C=O) groups excluding carboxylic acids is 10. The molecular weight excluding hydrogens is 1310 g/mol. The number of benzene rings is 5. The van der Waals surface area contributed by atoms with Gasteiger partial charge in [0.2, 0.25) is 59.1 Å². The molecule has 10 rings (SSSR count). The van der Waals surface area contributed by atoms with Crippen LogP contribution >= 0.6 is 23.5 Å². The predicted molar refractivity (Wildman–Crippen MR) is 373 cm³/mol. The molecule has 3 aliphatic heterocycles. The number of aromatic hydroxyl groups is 1. The fourth-order valence-electron chi connectivity index (χ4n) is 13.0. The monoisotopic (exact) mass is 1390 g/mol. The number of rotatable bonds is 11. The van der Waals surface area contributed by atoms with E-state index in [-0.39, 0.29) is 69.4 Å². The number of phenols is 1. The zero-order chi connectivity index (χ0) is 70.3. The number of H-pyrrole nitrogens is 1. The molecule has 23 nitrogen and oxygen atoms in total. The molecule has 1 fully saturated rings. The highest BCUT2D eigenvalue weighted by atomic mass is 32.2. The fraction of sp³-hybridized carbons (Fsp3) is 0.389. The van der Waals surface area contributed by atoms with Crippen LogP contribution in [0.15, 0.2) is 121 Å². The Labute approximate surface area is 579 Å². The Hall–Kier alpha value is -9.60. The molecule has 10 amide bonds. The Balaban J connectivity index is 0.970. The van der Waals surface area contributed by atoms with Crippen LogP contribution < -0.4 is 53.6 Å². The number of amides is 10. The number of nitrogens with two attached hydrogens (primary N) is 2. The first kappa shape index (κ1) is 72.2. The van der Waals surface area contributed by atoms with Gasteiger partial charge in [0.25, 0.3) is 0 Å². The number of thioether (sulfide) groups is 2. The molecule has 13 N–H and O–H groups in total. The molecular formula is C72H82F2N12O11S2. The quantitative estimate of drug-likeness (QED) is 0.0794. The van der Waals surface area contributed by atoms with Crippen LogP contribution in [-0.4, -0.2) is 154 Å². The third-order valence-electron chi connectivity index (χ3n) is 18.4. The molecule has 7 atom stereocenters. The van der Waals surface area contributed by atoms with E-state index in [1.54, 1.807) is 61.7 Å². The average molecular weight is 1390 g/mol. The SMILES string of the molecule is C[C@@]12CCCN1C(=O)[C@H](Cc1ccc(O)cc1)NC(=O)CN1C(=O)[C@H](CCc3ccccc31)NC(=O)[C@@H](CC1=CCc3ccc(F)cc31)NC(=O)[C@H](Cc1c[nH]c3ccc(F)cc13)NC(=O)CNC(=O)[C@H](CCCCN)NC(=O)CCSCc1cccc(c1)CSC[C@@H](C(N)=O)NC2=O. The number of fused-ring (bicyclic) bond motifs is 9. The van der Waals surface area contributed by atoms with E-state index in [2.05, 4.69) is 42.2 Å². The second kappa shape index (κ2) is 33.3. The van der Waals surface area contributed by atoms with Gasteiger partial charge >= 0.3 is 0 Å². The summed E-state index contributed by atoms with van der Waals surface area (Å²) in [4.78, 5) is 151. The van der Waals surface area contributed by atoms with Gasteiger partial charge in [-0.25, -0.2) is 8.78 Å². The molecule has 522 valence electrons. The molecule has 99 heavy (non-hydrogen) atoms. The highest BCUT2D eigenvalue weighted by Gasteiger charge is 2.48. The number of nitrogens with zero attached hydrogens (tertiary/aromatic N) is 2. The van der Waals surface area contributed by atoms with Crippen LogP contribution in [-0.2, 0) is 85.1 Å². The van der Waals surface area contributed by atoms with Gasteiger partial charge in [0.15, 0.2) is 0 Å². The standard InChI is InChI=1S/C72H82F2N12O11S2/c1-72-26-7-28-86(72)70(96)59(31-42-13-21-51(87)22-14-42)81-64(90)38-85-61-12-3-2-10-46(61)18-23-56(69(85)95)82-68(94)58(32-47-16-15-45-17-19-49(73)34-52(45)47)83-67(93)57(33-48-36-77-54-24-20-50(74)35-53(48)54)80-63(89)37-78-66(92)55(11-4-5-27-75)79-62(88)25-29-98-39-43-8-6-9-44(30-43)40-99-41-60(65(76)91)84-71(72)97/h2-3,6,8-10,12-14,16-17,19-22,24,30,34-36,55-60,77,87H,4-5,7,11,15,18,23,25-29,31-33,37-41,75H2,1H3,(H2,76,91)(H,78,92)(H,79,88)(H,80,89)(H,81,90)(H,82,94)(H,83,93)(H,84,97)/t55-,56-,57-,58+,59-,60-,72-/m0/s1. The number of aryl methyl sites for hydroxylation is 1. The zero-order valence-electron chi connectivity index (χ0n) is 54.8. The molecule has 5 aromatic carbocycles. The summed E-state index contributed by atoms with van der Waals surface area (Å²) in [5.41, 5.74) is 16.2. The van der Waals surface area contributed by atoms with Crippen molar-refractivity contribution >= 4 is 105 Å². The van der Waals surface area contributed by atoms with Crippen LogP contribution in [0.25, 0.3) is 16.5 Å². The fourth-order valence-corrected chi connectivity index (χ4v) is 14.9. The molecule has 4 aliphatic rings. The minimum atomic E-state index is -1.54. The first-order valence-electron chi connectivity index (χ1n) is 33.1. The lowest BCUT2D eigenvalue weighted by atomic mass is 9.95. The second-order valence-electron chi connectivity index (χ2n) is 25.5. The normalized spacial score (nSPS) is 23.2. The largest absolute Gasteiger partial charge is 0.508 e. The Morgan fingerprint density at radius 3 is 2.18 bits per heavy atom. The van der Waals surface area contributed by atoms with Crippen molar-refractivity contribution in [3.63, 3.8) is 0 Å². The first-order valence-corrected chi connectivity index (χ1v) is 35.5. The Morgan fingerprint density at radius 2 is 1.40 bits per heavy atom. The van der Waals surface area contributed by atoms with Crippen LogP contribution in [0.3, 0.4) is 0 Å². The number of anilines is 1. The van der Waals surface area contributed by atoms with Crippen molar-refractivity contribution in [2.24, 2.45) is 11.5 Å². The average Bonchev–Trinajstić information content (AvgIpc) is 1.69. The van der Waals surface area contributed by atoms with Crippen molar-refractivity contribution in [3.05, 3.63) is 172 Å². The summed E-state index contributed by atoms with van der Waals surface area (Å²) in [5.74, 6) is -7.10. The van der Waals surface area contributed by atoms with Crippen molar-refractivity contribution in [1.29, 1.82) is 0 Å². The molecule has 1 aliphatic carbocycles. The molecule has 0 radical (unpaired) electrons. The number of primary amides is 1. The minimum Gasteiger partial charge on any atom is -0.508 e. The molecule has 6 aromatic rings. The summed E-state index contributed by atoms with van der Waals surface area (Å²) in [6.45, 7) is 0.652. The van der Waals surface area contributed by atoms with Gasteiger partial charge in [-0.1, -0.05) is 66.7 Å². The van der Waals surface area contributed by atoms with Crippen LogP contribution in [0.5, 0.6) is 5.75 Å². The Bertz CT molecular complexity index is 4060. The predicted octanol–water partition coefficient (Wildman–Crippen LogP) is 4.54. The number of hydrogen-bond donors (Lipinski definition) is 11. The summed E-state index contributed by atoms with van der Waals surface area (Å²) in [5, 5.41) is 30.0. The Morgan fingerprint density at radius 1 is 0.687 bits per heavy atom. The van der Waals surface area contributed by atoms with Gasteiger partial charge < -0.3 is 68.6 Å². The number of halogens is 2. The zero-order valence-corrected chi connectivity index (χ0v) is 56.4. The van der Waals surface area contributed by atoms with Gasteiger partial charge in [-0.3, -0.25) is 47.9 Å². The lowest BCUT2D eigenvalue weighted by Gasteiger charge is -2.37. The van der Waals surface area contributed by atoms with Crippen molar-refractivity contribution in [2.45, 2.75) is 137 Å². The van der Waals surface area contributed by atoms with Crippen molar-refractivity contribution in [2.75, 3.05) is 42.6 Å². The first-order chi connectivity index (χ1) is 47.6. The van der Waals surface area contributed by atoms with Gasteiger partial charge in [-0.2, -0.15) is 23.5 Å². The molecule has 0 unspecified atom stereocenters. The number of carbonyl (C=O) groups is 10. The summed E-state index contributed by atoms with van der Waals surface area (Å²) in [6, 6.07) is 20.8. The van der Waals surface area contributed by atoms with Crippen LogP contribution in [0.4, 0.5) is 14.5 Å². The van der Waals surface area contributed by atoms with Gasteiger partial charge in [0.05, 0.1) is 6.54 Å². The highest BCUT2D eigenvalue weighted by Crippen LogP contribution is 2.34. The number of unbranched alkanes of at least 4 members (excludes halogenated alkanes) is 1. The lowest BCUT2D eigenvalue weighted by Crippen LogP contribution is -2.62. The summed E-state index contributed by atoms with van der Waals surface area (Å²) in [6.07, 6.45) is 5.05. The molecule has 4 heterocycles. The van der Waals surface area contributed by atoms with E-state index in [0.29, 0.717) is 93.9 Å². The molecule has 27 heteroatoms. The third kappa shape index (κ3) is 18.6. The lowest BCUT2D eigenvalue weighted by molar-refractivity contribution is -0.147. The van der Waals surface area contributed by atoms with E-state index >= 15 is 23.6 Å². The molecule has 0 spiro atoms. The smallest absolute Gasteiger partial charge is 0.250 e. The van der Waals surface area contributed by atoms with E-state index in [1.807, 2.05) is 24.3 Å². The summed E-state index contributed by atoms with van der Waals surface area (Å²) in [7, 11) is 0. The number of aromatic nitrogens is 1. The van der Waals surface area contributed by atoms with Crippen LogP contribution in [0, 0.1) is 11.6 Å². The maximum absolute atomic E-state index is 15.3. The van der Waals surface area contributed by atoms with E-state index in [4.69, 9.17) is 11.5 Å². The van der Waals surface area contributed by atoms with E-state index in [1.165, 1.54) is 75.8 Å². The molecule has 1 saturated heterocycles. The van der Waals surface area contributed by atoms with Crippen molar-refractivity contribution in [3.8, 4) is 5.75 Å². The molecule has 1 aromatic heterocycles. The number of hydrogen-bond acceptors (Lipinski definition) is 14. The second-order valence-corrected chi connectivity index (χ2v) is 27.7. The Kier molecular flexibility index (Phi) is 24.3. The van der Waals surface area contributed by atoms with Gasteiger partial charge in [0, 0.05) is 78.0 Å². The van der Waals surface area contributed by atoms with E-state index < -0.39 is 126 Å². The number of phenolic OH excluding ortho intramolecular Hbond substituents is 1. The minimum absolute atomic E-state index is 0.00397. The number of aromatic amines is 1. The van der Waals surface area contributed by atoms with E-state index in [0.717, 1.165) is 16.7 Å². The number of nitrogens with one attached hydrogen (secondary N) is 8. The van der Waals surface area contributed by atoms with Gasteiger partial charge in [0.1, 0.15) is 65.7 Å².